The van der Waals surface area contributed by atoms with Crippen LogP contribution in [0.1, 0.15) is 11.1 Å². The normalized spacial score (nSPS) is 11.8. The monoisotopic (exact) mass is 780 g/mol. The minimum absolute atomic E-state index is 0.252. The van der Waals surface area contributed by atoms with E-state index in [0.717, 1.165) is 67.1 Å². The van der Waals surface area contributed by atoms with E-state index in [1.165, 1.54) is 0 Å². The van der Waals surface area contributed by atoms with Crippen LogP contribution in [-0.2, 0) is 0 Å². The molecule has 0 spiro atoms. The standard InChI is InChI=1S/C53H32N8/c54-33-37-29-41(30-38(34-55)50(37)53-57-51(35-17-5-1-6-18-35)56-52(58-53)36-19-7-2-8-20-36)61-44-26-14-13-25-42(44)43-31-48-49(32-47(43)61)60(40-23-11-4-12-24-40)46-28-16-15-27-45(46)59(48)39-21-9-3-10-22-39/h1-32H. The lowest BCUT2D eigenvalue weighted by Crippen LogP contribution is -2.24. The molecule has 3 heterocycles. The van der Waals surface area contributed by atoms with Gasteiger partial charge in [-0.25, -0.2) is 15.0 Å². The predicted molar refractivity (Wildman–Crippen MR) is 243 cm³/mol. The largest absolute Gasteiger partial charge is 0.309 e. The number of anilines is 6. The van der Waals surface area contributed by atoms with Crippen LogP contribution in [0, 0.1) is 22.7 Å². The highest BCUT2D eigenvalue weighted by atomic mass is 15.3. The van der Waals surface area contributed by atoms with E-state index in [4.69, 9.17) is 15.0 Å². The topological polar surface area (TPSA) is 97.7 Å². The van der Waals surface area contributed by atoms with Crippen LogP contribution < -0.4 is 9.80 Å². The van der Waals surface area contributed by atoms with Gasteiger partial charge in [0, 0.05) is 39.0 Å². The first-order valence-corrected chi connectivity index (χ1v) is 19.9. The van der Waals surface area contributed by atoms with Crippen LogP contribution in [0.4, 0.5) is 34.1 Å². The summed E-state index contributed by atoms with van der Waals surface area (Å²) < 4.78 is 2.16. The fourth-order valence-electron chi connectivity index (χ4n) is 8.53. The molecule has 11 rings (SSSR count). The van der Waals surface area contributed by atoms with Gasteiger partial charge in [-0.2, -0.15) is 10.5 Å². The molecule has 1 aliphatic rings. The maximum absolute atomic E-state index is 10.9. The minimum Gasteiger partial charge on any atom is -0.309 e. The van der Waals surface area contributed by atoms with Gasteiger partial charge in [-0.15, -0.1) is 0 Å². The number of aromatic nitrogens is 4. The summed E-state index contributed by atoms with van der Waals surface area (Å²) in [7, 11) is 0. The Balaban J connectivity index is 1.17. The third kappa shape index (κ3) is 5.86. The molecule has 0 bridgehead atoms. The Morgan fingerprint density at radius 1 is 0.361 bits per heavy atom. The fourth-order valence-corrected chi connectivity index (χ4v) is 8.53. The number of hydrogen-bond acceptors (Lipinski definition) is 7. The lowest BCUT2D eigenvalue weighted by Gasteiger charge is -2.40. The SMILES string of the molecule is N#Cc1cc(-n2c3ccccc3c3cc4c(cc32)N(c2ccccc2)c2ccccc2N4c2ccccc2)cc(C#N)c1-c1nc(-c2ccccc2)nc(-c2ccccc2)n1. The molecule has 0 fully saturated rings. The van der Waals surface area contributed by atoms with Crippen LogP contribution in [0.5, 0.6) is 0 Å². The van der Waals surface area contributed by atoms with Crippen LogP contribution in [0.15, 0.2) is 194 Å². The van der Waals surface area contributed by atoms with Crippen LogP contribution in [-0.4, -0.2) is 19.5 Å². The summed E-state index contributed by atoms with van der Waals surface area (Å²) >= 11 is 0. The van der Waals surface area contributed by atoms with E-state index in [1.54, 1.807) is 0 Å². The molecular weight excluding hydrogens is 749 g/mol. The van der Waals surface area contributed by atoms with Crippen molar-refractivity contribution >= 4 is 55.9 Å². The zero-order valence-electron chi connectivity index (χ0n) is 32.6. The van der Waals surface area contributed by atoms with Gasteiger partial charge in [0.15, 0.2) is 17.5 Å². The van der Waals surface area contributed by atoms with Gasteiger partial charge in [0.25, 0.3) is 0 Å². The Labute approximate surface area is 351 Å². The molecule has 61 heavy (non-hydrogen) atoms. The maximum Gasteiger partial charge on any atom is 0.166 e. The maximum atomic E-state index is 10.9. The first-order valence-electron chi connectivity index (χ1n) is 19.9. The van der Waals surface area contributed by atoms with Crippen molar-refractivity contribution in [2.75, 3.05) is 9.80 Å². The second-order valence-electron chi connectivity index (χ2n) is 14.7. The second kappa shape index (κ2) is 14.5. The molecule has 8 nitrogen and oxygen atoms in total. The molecular formula is C53H32N8. The molecule has 0 saturated heterocycles. The van der Waals surface area contributed by atoms with E-state index in [9.17, 15) is 10.5 Å². The van der Waals surface area contributed by atoms with Crippen molar-refractivity contribution in [3.05, 3.63) is 205 Å². The smallest absolute Gasteiger partial charge is 0.166 e. The van der Waals surface area contributed by atoms with Crippen molar-refractivity contribution in [3.8, 4) is 52.0 Å². The highest BCUT2D eigenvalue weighted by molar-refractivity contribution is 6.15. The van der Waals surface area contributed by atoms with Crippen molar-refractivity contribution in [1.82, 2.24) is 19.5 Å². The number of nitriles is 2. The van der Waals surface area contributed by atoms with Gasteiger partial charge in [-0.1, -0.05) is 127 Å². The summed E-state index contributed by atoms with van der Waals surface area (Å²) in [5, 5.41) is 23.9. The third-order valence-corrected chi connectivity index (χ3v) is 11.2. The molecule has 10 aromatic rings. The second-order valence-corrected chi connectivity index (χ2v) is 14.7. The summed E-state index contributed by atoms with van der Waals surface area (Å²) in [5.74, 6) is 1.15. The molecule has 0 radical (unpaired) electrons. The molecule has 2 aromatic heterocycles. The van der Waals surface area contributed by atoms with E-state index in [1.807, 2.05) is 97.1 Å². The van der Waals surface area contributed by atoms with Gasteiger partial charge in [0.05, 0.1) is 50.5 Å². The van der Waals surface area contributed by atoms with Crippen molar-refractivity contribution in [3.63, 3.8) is 0 Å². The van der Waals surface area contributed by atoms with Gasteiger partial charge in [0.2, 0.25) is 0 Å². The molecule has 1 aliphatic heterocycles. The average Bonchev–Trinajstić information content (AvgIpc) is 3.66. The Morgan fingerprint density at radius 2 is 0.803 bits per heavy atom. The summed E-state index contributed by atoms with van der Waals surface area (Å²) in [6.07, 6.45) is 0. The quantitative estimate of drug-likeness (QED) is 0.166. The molecule has 8 aromatic carbocycles. The highest BCUT2D eigenvalue weighted by Crippen LogP contribution is 2.55. The summed E-state index contributed by atoms with van der Waals surface area (Å²) in [6, 6.07) is 70.0. The van der Waals surface area contributed by atoms with Gasteiger partial charge in [-0.3, -0.25) is 0 Å². The number of fused-ring (bicyclic) bond motifs is 5. The van der Waals surface area contributed by atoms with Crippen LogP contribution in [0.3, 0.4) is 0 Å². The number of rotatable bonds is 6. The Hall–Kier alpha value is -8.85. The van der Waals surface area contributed by atoms with Gasteiger partial charge < -0.3 is 14.4 Å². The number of para-hydroxylation sites is 5. The zero-order valence-corrected chi connectivity index (χ0v) is 32.6. The van der Waals surface area contributed by atoms with Crippen molar-refractivity contribution in [2.45, 2.75) is 0 Å². The van der Waals surface area contributed by atoms with Crippen molar-refractivity contribution in [2.24, 2.45) is 0 Å². The lowest BCUT2D eigenvalue weighted by molar-refractivity contribution is 1.07. The average molecular weight is 781 g/mol. The molecule has 0 N–H and O–H groups in total. The van der Waals surface area contributed by atoms with Crippen molar-refractivity contribution < 1.29 is 0 Å². The van der Waals surface area contributed by atoms with Gasteiger partial charge in [0.1, 0.15) is 12.1 Å². The Bertz CT molecular complexity index is 3290. The molecule has 0 aliphatic carbocycles. The molecule has 8 heteroatoms. The zero-order chi connectivity index (χ0) is 40.9. The molecule has 0 amide bonds. The summed E-state index contributed by atoms with van der Waals surface area (Å²) in [5.41, 5.74) is 11.2. The number of hydrogen-bond donors (Lipinski definition) is 0. The van der Waals surface area contributed by atoms with Gasteiger partial charge >= 0.3 is 0 Å². The van der Waals surface area contributed by atoms with Gasteiger partial charge in [-0.05, 0) is 66.7 Å². The fraction of sp³-hybridized carbons (Fsp3) is 0. The number of nitrogens with zero attached hydrogens (tertiary/aromatic N) is 8. The summed E-state index contributed by atoms with van der Waals surface area (Å²) in [4.78, 5) is 19.3. The van der Waals surface area contributed by atoms with E-state index in [0.29, 0.717) is 22.9 Å². The molecule has 0 unspecified atom stereocenters. The van der Waals surface area contributed by atoms with E-state index >= 15 is 0 Å². The first-order chi connectivity index (χ1) is 30.2. The van der Waals surface area contributed by atoms with Crippen LogP contribution >= 0.6 is 0 Å². The van der Waals surface area contributed by atoms with E-state index in [2.05, 4.69) is 124 Å². The molecule has 0 atom stereocenters. The van der Waals surface area contributed by atoms with Crippen LogP contribution in [0.25, 0.3) is 61.7 Å². The van der Waals surface area contributed by atoms with Crippen molar-refractivity contribution in [1.29, 1.82) is 10.5 Å². The highest BCUT2D eigenvalue weighted by Gasteiger charge is 2.32. The number of benzene rings is 8. The van der Waals surface area contributed by atoms with E-state index in [-0.39, 0.29) is 17.0 Å². The summed E-state index contributed by atoms with van der Waals surface area (Å²) in [6.45, 7) is 0. The first kappa shape index (κ1) is 35.3. The Morgan fingerprint density at radius 3 is 1.33 bits per heavy atom. The lowest BCUT2D eigenvalue weighted by atomic mass is 9.99. The minimum atomic E-state index is 0.252. The molecule has 0 saturated carbocycles. The molecule has 284 valence electrons. The third-order valence-electron chi connectivity index (χ3n) is 11.2. The predicted octanol–water partition coefficient (Wildman–Crippen LogP) is 13.0. The van der Waals surface area contributed by atoms with Crippen LogP contribution in [0.2, 0.25) is 0 Å². The Kier molecular flexibility index (Phi) is 8.40. The van der Waals surface area contributed by atoms with E-state index < -0.39 is 0 Å².